The Balaban J connectivity index is 3.01. The number of pyridine rings is 1. The standard InChI is InChI=1S/C8H7N3O/c1-11-7-2-3-9-4-6(7)10-5-8(11)12/h2-5H,1H3. The van der Waals surface area contributed by atoms with Crippen molar-refractivity contribution >= 4 is 11.0 Å². The van der Waals surface area contributed by atoms with Crippen LogP contribution in [0, 0.1) is 0 Å². The number of aromatic nitrogens is 3. The van der Waals surface area contributed by atoms with Gasteiger partial charge in [0, 0.05) is 13.2 Å². The number of hydrogen-bond acceptors (Lipinski definition) is 3. The summed E-state index contributed by atoms with van der Waals surface area (Å²) in [5.74, 6) is 0. The lowest BCUT2D eigenvalue weighted by Gasteiger charge is -2.00. The molecule has 4 nitrogen and oxygen atoms in total. The predicted octanol–water partition coefficient (Wildman–Crippen LogP) is 0.328. The first-order valence-electron chi connectivity index (χ1n) is 3.55. The Kier molecular flexibility index (Phi) is 1.40. The van der Waals surface area contributed by atoms with Gasteiger partial charge in [-0.2, -0.15) is 0 Å². The summed E-state index contributed by atoms with van der Waals surface area (Å²) < 4.78 is 1.55. The van der Waals surface area contributed by atoms with Crippen LogP contribution in [0.4, 0.5) is 0 Å². The van der Waals surface area contributed by atoms with E-state index >= 15 is 0 Å². The van der Waals surface area contributed by atoms with Crippen molar-refractivity contribution in [1.29, 1.82) is 0 Å². The van der Waals surface area contributed by atoms with Crippen LogP contribution in [-0.2, 0) is 7.05 Å². The molecule has 0 radical (unpaired) electrons. The summed E-state index contributed by atoms with van der Waals surface area (Å²) in [6, 6.07) is 1.77. The SMILES string of the molecule is Cn1c(=O)cnc2cnccc21. The highest BCUT2D eigenvalue weighted by molar-refractivity contribution is 5.72. The largest absolute Gasteiger partial charge is 0.308 e. The van der Waals surface area contributed by atoms with Gasteiger partial charge in [-0.25, -0.2) is 4.98 Å². The molecule has 0 aliphatic carbocycles. The third-order valence-electron chi connectivity index (χ3n) is 1.78. The van der Waals surface area contributed by atoms with E-state index in [2.05, 4.69) is 9.97 Å². The van der Waals surface area contributed by atoms with Crippen molar-refractivity contribution in [3.8, 4) is 0 Å². The second-order valence-electron chi connectivity index (χ2n) is 2.52. The van der Waals surface area contributed by atoms with E-state index in [1.165, 1.54) is 6.20 Å². The van der Waals surface area contributed by atoms with Crippen LogP contribution in [0.3, 0.4) is 0 Å². The second kappa shape index (κ2) is 2.41. The van der Waals surface area contributed by atoms with Gasteiger partial charge in [-0.15, -0.1) is 0 Å². The normalized spacial score (nSPS) is 10.4. The highest BCUT2D eigenvalue weighted by atomic mass is 16.1. The average molecular weight is 161 g/mol. The van der Waals surface area contributed by atoms with Crippen molar-refractivity contribution in [1.82, 2.24) is 14.5 Å². The third kappa shape index (κ3) is 0.887. The van der Waals surface area contributed by atoms with Crippen molar-refractivity contribution in [2.45, 2.75) is 0 Å². The van der Waals surface area contributed by atoms with E-state index in [0.29, 0.717) is 0 Å². The van der Waals surface area contributed by atoms with Gasteiger partial charge in [-0.3, -0.25) is 9.78 Å². The molecule has 2 heterocycles. The van der Waals surface area contributed by atoms with E-state index in [0.717, 1.165) is 11.0 Å². The van der Waals surface area contributed by atoms with Gasteiger partial charge in [0.25, 0.3) is 5.56 Å². The van der Waals surface area contributed by atoms with Crippen molar-refractivity contribution in [3.63, 3.8) is 0 Å². The van der Waals surface area contributed by atoms with Crippen molar-refractivity contribution in [2.24, 2.45) is 7.05 Å². The topological polar surface area (TPSA) is 47.8 Å². The van der Waals surface area contributed by atoms with Gasteiger partial charge in [0.05, 0.1) is 17.9 Å². The van der Waals surface area contributed by atoms with Crippen molar-refractivity contribution < 1.29 is 0 Å². The maximum atomic E-state index is 11.1. The number of nitrogens with zero attached hydrogens (tertiary/aromatic N) is 3. The molecule has 2 aromatic heterocycles. The minimum atomic E-state index is -0.103. The molecule has 0 aliphatic rings. The van der Waals surface area contributed by atoms with Crippen LogP contribution in [0.2, 0.25) is 0 Å². The zero-order chi connectivity index (χ0) is 8.55. The fourth-order valence-electron chi connectivity index (χ4n) is 1.09. The summed E-state index contributed by atoms with van der Waals surface area (Å²) >= 11 is 0. The van der Waals surface area contributed by atoms with Gasteiger partial charge in [0.1, 0.15) is 5.52 Å². The summed E-state index contributed by atoms with van der Waals surface area (Å²) in [5.41, 5.74) is 1.44. The summed E-state index contributed by atoms with van der Waals surface area (Å²) in [6.45, 7) is 0. The van der Waals surface area contributed by atoms with E-state index in [4.69, 9.17) is 0 Å². The van der Waals surface area contributed by atoms with Crippen LogP contribution in [0.15, 0.2) is 29.5 Å². The maximum Gasteiger partial charge on any atom is 0.269 e. The summed E-state index contributed by atoms with van der Waals surface area (Å²) in [4.78, 5) is 19.0. The molecular weight excluding hydrogens is 154 g/mol. The lowest BCUT2D eigenvalue weighted by molar-refractivity contribution is 0.890. The first kappa shape index (κ1) is 6.97. The van der Waals surface area contributed by atoms with Gasteiger partial charge in [0.15, 0.2) is 0 Å². The Hall–Kier alpha value is -1.71. The first-order chi connectivity index (χ1) is 5.79. The summed E-state index contributed by atoms with van der Waals surface area (Å²) in [5, 5.41) is 0. The van der Waals surface area contributed by atoms with E-state index in [1.807, 2.05) is 0 Å². The van der Waals surface area contributed by atoms with Gasteiger partial charge < -0.3 is 4.57 Å². The third-order valence-corrected chi connectivity index (χ3v) is 1.78. The average Bonchev–Trinajstić information content (AvgIpc) is 2.12. The molecule has 0 saturated carbocycles. The molecule has 0 spiro atoms. The Morgan fingerprint density at radius 2 is 2.25 bits per heavy atom. The van der Waals surface area contributed by atoms with E-state index < -0.39 is 0 Å². The van der Waals surface area contributed by atoms with Crippen LogP contribution in [0.1, 0.15) is 0 Å². The minimum Gasteiger partial charge on any atom is -0.308 e. The molecule has 2 rings (SSSR count). The number of hydrogen-bond donors (Lipinski definition) is 0. The summed E-state index contributed by atoms with van der Waals surface area (Å²) in [6.07, 6.45) is 4.57. The fourth-order valence-corrected chi connectivity index (χ4v) is 1.09. The van der Waals surface area contributed by atoms with Crippen LogP contribution in [0.5, 0.6) is 0 Å². The van der Waals surface area contributed by atoms with E-state index in [1.54, 1.807) is 30.1 Å². The predicted molar refractivity (Wildman–Crippen MR) is 44.8 cm³/mol. The molecule has 0 fully saturated rings. The Labute approximate surface area is 68.5 Å². The van der Waals surface area contributed by atoms with Gasteiger partial charge in [0.2, 0.25) is 0 Å². The number of fused-ring (bicyclic) bond motifs is 1. The van der Waals surface area contributed by atoms with Gasteiger partial charge in [-0.05, 0) is 6.07 Å². The van der Waals surface area contributed by atoms with Crippen molar-refractivity contribution in [3.05, 3.63) is 35.0 Å². The molecule has 0 N–H and O–H groups in total. The molecule has 0 unspecified atom stereocenters. The van der Waals surface area contributed by atoms with Crippen molar-refractivity contribution in [2.75, 3.05) is 0 Å². The number of aryl methyl sites for hydroxylation is 1. The van der Waals surface area contributed by atoms with E-state index in [-0.39, 0.29) is 5.56 Å². The van der Waals surface area contributed by atoms with Crippen LogP contribution in [0.25, 0.3) is 11.0 Å². The Bertz CT molecular complexity index is 475. The molecule has 60 valence electrons. The monoisotopic (exact) mass is 161 g/mol. The molecule has 0 bridgehead atoms. The molecular formula is C8H7N3O. The molecule has 0 atom stereocenters. The smallest absolute Gasteiger partial charge is 0.269 e. The first-order valence-corrected chi connectivity index (χ1v) is 3.55. The molecule has 0 saturated heterocycles. The molecule has 0 aromatic carbocycles. The van der Waals surface area contributed by atoms with Crippen LogP contribution < -0.4 is 5.56 Å². The maximum absolute atomic E-state index is 11.1. The van der Waals surface area contributed by atoms with Crippen LogP contribution in [-0.4, -0.2) is 14.5 Å². The quantitative estimate of drug-likeness (QED) is 0.559. The molecule has 0 amide bonds. The van der Waals surface area contributed by atoms with E-state index in [9.17, 15) is 4.79 Å². The zero-order valence-corrected chi connectivity index (χ0v) is 6.56. The Morgan fingerprint density at radius 3 is 3.08 bits per heavy atom. The lowest BCUT2D eigenvalue weighted by Crippen LogP contribution is -2.16. The van der Waals surface area contributed by atoms with Gasteiger partial charge in [-0.1, -0.05) is 0 Å². The molecule has 12 heavy (non-hydrogen) atoms. The number of rotatable bonds is 0. The molecule has 4 heteroatoms. The zero-order valence-electron chi connectivity index (χ0n) is 6.56. The second-order valence-corrected chi connectivity index (χ2v) is 2.52. The van der Waals surface area contributed by atoms with Crippen LogP contribution >= 0.6 is 0 Å². The summed E-state index contributed by atoms with van der Waals surface area (Å²) in [7, 11) is 1.71. The molecule has 2 aromatic rings. The highest BCUT2D eigenvalue weighted by Crippen LogP contribution is 2.03. The highest BCUT2D eigenvalue weighted by Gasteiger charge is 1.97. The Morgan fingerprint density at radius 1 is 1.42 bits per heavy atom. The lowest BCUT2D eigenvalue weighted by atomic mass is 10.4. The van der Waals surface area contributed by atoms with Gasteiger partial charge >= 0.3 is 0 Å². The minimum absolute atomic E-state index is 0.103. The fraction of sp³-hybridized carbons (Fsp3) is 0.125. The molecule has 0 aliphatic heterocycles.